The summed E-state index contributed by atoms with van der Waals surface area (Å²) < 4.78 is 0. The van der Waals surface area contributed by atoms with Gasteiger partial charge in [0.1, 0.15) is 0 Å². The largest absolute Gasteiger partial charge is 0.411 e. The summed E-state index contributed by atoms with van der Waals surface area (Å²) in [5, 5.41) is 14.3. The highest BCUT2D eigenvalue weighted by Crippen LogP contribution is 2.31. The lowest BCUT2D eigenvalue weighted by Gasteiger charge is -2.20. The van der Waals surface area contributed by atoms with Gasteiger partial charge in [-0.05, 0) is 24.3 Å². The van der Waals surface area contributed by atoms with Crippen LogP contribution in [0, 0.1) is 0 Å². The molecular formula is C15H16N2O. The highest BCUT2D eigenvalue weighted by molar-refractivity contribution is 6.06. The minimum absolute atomic E-state index is 0.970. The molecule has 3 rings (SSSR count). The maximum Gasteiger partial charge on any atom is 0.0740 e. The number of hydrogen-bond donors (Lipinski definition) is 1. The fourth-order valence-electron chi connectivity index (χ4n) is 2.74. The van der Waals surface area contributed by atoms with E-state index in [1.165, 1.54) is 35.5 Å². The van der Waals surface area contributed by atoms with E-state index in [1.807, 2.05) is 12.1 Å². The summed E-state index contributed by atoms with van der Waals surface area (Å²) in [5.74, 6) is 0. The van der Waals surface area contributed by atoms with Gasteiger partial charge in [0.25, 0.3) is 0 Å². The molecule has 0 amide bonds. The van der Waals surface area contributed by atoms with Gasteiger partial charge in [-0.25, -0.2) is 0 Å². The second kappa shape index (κ2) is 4.69. The normalized spacial score (nSPS) is 15.9. The van der Waals surface area contributed by atoms with Gasteiger partial charge >= 0.3 is 0 Å². The second-order valence-corrected chi connectivity index (χ2v) is 4.66. The van der Waals surface area contributed by atoms with E-state index < -0.39 is 0 Å². The molecular weight excluding hydrogens is 224 g/mol. The highest BCUT2D eigenvalue weighted by Gasteiger charge is 2.15. The van der Waals surface area contributed by atoms with Crippen LogP contribution in [0.15, 0.2) is 41.6 Å². The van der Waals surface area contributed by atoms with Crippen LogP contribution < -0.4 is 4.90 Å². The fraction of sp³-hybridized carbons (Fsp3) is 0.267. The average molecular weight is 240 g/mol. The first-order valence-corrected chi connectivity index (χ1v) is 6.34. The third-order valence-corrected chi connectivity index (χ3v) is 3.56. The molecule has 1 N–H and O–H groups in total. The van der Waals surface area contributed by atoms with Gasteiger partial charge in [-0.2, -0.15) is 0 Å². The van der Waals surface area contributed by atoms with Crippen LogP contribution in [0.4, 0.5) is 5.69 Å². The van der Waals surface area contributed by atoms with E-state index in [9.17, 15) is 0 Å². The molecule has 0 atom stereocenters. The molecule has 1 aliphatic rings. The molecule has 0 aromatic heterocycles. The number of oxime groups is 1. The predicted octanol–water partition coefficient (Wildman–Crippen LogP) is 3.25. The summed E-state index contributed by atoms with van der Waals surface area (Å²) >= 11 is 0. The molecule has 3 heteroatoms. The molecule has 0 unspecified atom stereocenters. The molecule has 0 aliphatic carbocycles. The molecule has 18 heavy (non-hydrogen) atoms. The van der Waals surface area contributed by atoms with E-state index in [-0.39, 0.29) is 0 Å². The van der Waals surface area contributed by atoms with Gasteiger partial charge in [0.2, 0.25) is 0 Å². The van der Waals surface area contributed by atoms with Crippen molar-refractivity contribution in [1.82, 2.24) is 0 Å². The molecule has 0 bridgehead atoms. The van der Waals surface area contributed by atoms with Gasteiger partial charge in [0.05, 0.1) is 6.21 Å². The summed E-state index contributed by atoms with van der Waals surface area (Å²) in [5.41, 5.74) is 2.22. The first-order chi connectivity index (χ1) is 8.90. The minimum atomic E-state index is 0.970. The van der Waals surface area contributed by atoms with Crippen LogP contribution in [0.1, 0.15) is 18.4 Å². The van der Waals surface area contributed by atoms with E-state index >= 15 is 0 Å². The van der Waals surface area contributed by atoms with Crippen molar-refractivity contribution in [3.63, 3.8) is 0 Å². The van der Waals surface area contributed by atoms with Crippen LogP contribution in [0.25, 0.3) is 10.8 Å². The Morgan fingerprint density at radius 2 is 1.78 bits per heavy atom. The van der Waals surface area contributed by atoms with Crippen LogP contribution in [-0.4, -0.2) is 24.5 Å². The molecule has 1 aliphatic heterocycles. The molecule has 1 heterocycles. The molecule has 0 radical (unpaired) electrons. The Balaban J connectivity index is 2.23. The maximum absolute atomic E-state index is 8.79. The molecule has 1 saturated heterocycles. The third kappa shape index (κ3) is 1.82. The molecule has 2 aromatic carbocycles. The smallest absolute Gasteiger partial charge is 0.0740 e. The fourth-order valence-corrected chi connectivity index (χ4v) is 2.74. The number of benzene rings is 2. The summed E-state index contributed by atoms with van der Waals surface area (Å²) in [6.45, 7) is 2.23. The van der Waals surface area contributed by atoms with Crippen molar-refractivity contribution >= 4 is 22.7 Å². The van der Waals surface area contributed by atoms with E-state index in [0.717, 1.165) is 18.7 Å². The van der Waals surface area contributed by atoms with Crippen LogP contribution in [0.3, 0.4) is 0 Å². The Kier molecular flexibility index (Phi) is 2.89. The number of rotatable bonds is 2. The van der Waals surface area contributed by atoms with Crippen molar-refractivity contribution in [1.29, 1.82) is 0 Å². The monoisotopic (exact) mass is 240 g/mol. The maximum atomic E-state index is 8.79. The number of hydrogen-bond acceptors (Lipinski definition) is 3. The zero-order valence-corrected chi connectivity index (χ0v) is 10.2. The van der Waals surface area contributed by atoms with E-state index in [2.05, 4.69) is 34.3 Å². The van der Waals surface area contributed by atoms with Crippen LogP contribution in [0.5, 0.6) is 0 Å². The first-order valence-electron chi connectivity index (χ1n) is 6.34. The molecule has 0 spiro atoms. The third-order valence-electron chi connectivity index (χ3n) is 3.56. The van der Waals surface area contributed by atoms with Crippen molar-refractivity contribution in [3.05, 3.63) is 42.0 Å². The van der Waals surface area contributed by atoms with Crippen LogP contribution >= 0.6 is 0 Å². The summed E-state index contributed by atoms with van der Waals surface area (Å²) in [4.78, 5) is 2.41. The van der Waals surface area contributed by atoms with Gasteiger partial charge in [0.15, 0.2) is 0 Å². The SMILES string of the molecule is ON=Cc1cccc2cccc(N3CCCC3)c12. The lowest BCUT2D eigenvalue weighted by molar-refractivity contribution is 0.322. The van der Waals surface area contributed by atoms with Gasteiger partial charge in [-0.1, -0.05) is 35.5 Å². The van der Waals surface area contributed by atoms with Crippen LogP contribution in [-0.2, 0) is 0 Å². The predicted molar refractivity (Wildman–Crippen MR) is 74.8 cm³/mol. The van der Waals surface area contributed by atoms with Crippen molar-refractivity contribution in [2.45, 2.75) is 12.8 Å². The zero-order chi connectivity index (χ0) is 12.4. The quantitative estimate of drug-likeness (QED) is 0.497. The molecule has 92 valence electrons. The summed E-state index contributed by atoms with van der Waals surface area (Å²) in [7, 11) is 0. The Hall–Kier alpha value is -2.03. The zero-order valence-electron chi connectivity index (χ0n) is 10.2. The Labute approximate surface area is 106 Å². The van der Waals surface area contributed by atoms with Gasteiger partial charge < -0.3 is 10.1 Å². The van der Waals surface area contributed by atoms with Crippen molar-refractivity contribution in [2.24, 2.45) is 5.16 Å². The second-order valence-electron chi connectivity index (χ2n) is 4.66. The number of nitrogens with zero attached hydrogens (tertiary/aromatic N) is 2. The topological polar surface area (TPSA) is 35.8 Å². The lowest BCUT2D eigenvalue weighted by Crippen LogP contribution is -2.18. The first kappa shape index (κ1) is 11.1. The molecule has 1 fully saturated rings. The lowest BCUT2D eigenvalue weighted by atomic mass is 10.0. The standard InChI is InChI=1S/C15H16N2O/c18-16-11-13-7-3-5-12-6-4-8-14(15(12)13)17-9-1-2-10-17/h3-8,11,18H,1-2,9-10H2. The number of anilines is 1. The van der Waals surface area contributed by atoms with E-state index in [4.69, 9.17) is 5.21 Å². The van der Waals surface area contributed by atoms with Gasteiger partial charge in [-0.15, -0.1) is 0 Å². The minimum Gasteiger partial charge on any atom is -0.411 e. The van der Waals surface area contributed by atoms with Gasteiger partial charge in [0, 0.05) is 29.7 Å². The van der Waals surface area contributed by atoms with Gasteiger partial charge in [-0.3, -0.25) is 0 Å². The van der Waals surface area contributed by atoms with E-state index in [1.54, 1.807) is 0 Å². The highest BCUT2D eigenvalue weighted by atomic mass is 16.4. The molecule has 3 nitrogen and oxygen atoms in total. The molecule has 0 saturated carbocycles. The van der Waals surface area contributed by atoms with Crippen molar-refractivity contribution < 1.29 is 5.21 Å². The summed E-state index contributed by atoms with van der Waals surface area (Å²) in [6.07, 6.45) is 4.03. The van der Waals surface area contributed by atoms with Crippen LogP contribution in [0.2, 0.25) is 0 Å². The number of fused-ring (bicyclic) bond motifs is 1. The Bertz CT molecular complexity index is 581. The van der Waals surface area contributed by atoms with E-state index in [0.29, 0.717) is 0 Å². The summed E-state index contributed by atoms with van der Waals surface area (Å²) in [6, 6.07) is 12.4. The van der Waals surface area contributed by atoms with Crippen molar-refractivity contribution in [2.75, 3.05) is 18.0 Å². The molecule has 2 aromatic rings. The Morgan fingerprint density at radius 1 is 1.06 bits per heavy atom. The van der Waals surface area contributed by atoms with Crippen molar-refractivity contribution in [3.8, 4) is 0 Å². The average Bonchev–Trinajstić information content (AvgIpc) is 2.92. The Morgan fingerprint density at radius 3 is 2.50 bits per heavy atom.